The van der Waals surface area contributed by atoms with Crippen molar-refractivity contribution in [2.45, 2.75) is 160 Å². The molecule has 4 N–H and O–H groups in total. The molecule has 3 heterocycles. The lowest BCUT2D eigenvalue weighted by Crippen LogP contribution is -2.62. The third-order valence-corrected chi connectivity index (χ3v) is 15.4. The Labute approximate surface area is 316 Å². The molecule has 53 heavy (non-hydrogen) atoms. The van der Waals surface area contributed by atoms with Gasteiger partial charge in [-0.1, -0.05) is 84.5 Å². The lowest BCUT2D eigenvalue weighted by atomic mass is 9.83. The Hall–Kier alpha value is -2.74. The van der Waals surface area contributed by atoms with Gasteiger partial charge in [0.25, 0.3) is 5.91 Å². The smallest absolute Gasteiger partial charge is 0.315 e. The summed E-state index contributed by atoms with van der Waals surface area (Å²) in [5, 5.41) is 11.7. The number of urea groups is 1. The Bertz CT molecular complexity index is 1470. The molecule has 5 amide bonds. The van der Waals surface area contributed by atoms with Gasteiger partial charge < -0.3 is 26.2 Å². The molecule has 3 aliphatic carbocycles. The number of carbonyl (C=O) groups is 5. The van der Waals surface area contributed by atoms with Gasteiger partial charge in [-0.05, 0) is 74.5 Å². The van der Waals surface area contributed by atoms with Crippen LogP contribution in [0.4, 0.5) is 4.79 Å². The lowest BCUT2D eigenvalue weighted by Gasteiger charge is -2.40. The van der Waals surface area contributed by atoms with Crippen LogP contribution in [0.25, 0.3) is 0 Å². The number of hydrogen-bond donors (Lipinski definition) is 4. The molecule has 6 rings (SSSR count). The van der Waals surface area contributed by atoms with E-state index in [9.17, 15) is 32.4 Å². The number of nitrogens with zero attached hydrogens (tertiary/aromatic N) is 2. The van der Waals surface area contributed by atoms with Crippen LogP contribution in [0.3, 0.4) is 0 Å². The largest absolute Gasteiger partial charge is 0.349 e. The summed E-state index contributed by atoms with van der Waals surface area (Å²) in [6.45, 7) is 6.03. The molecule has 0 bridgehead atoms. The predicted octanol–water partition coefficient (Wildman–Crippen LogP) is 3.76. The van der Waals surface area contributed by atoms with E-state index < -0.39 is 57.3 Å². The van der Waals surface area contributed by atoms with Gasteiger partial charge in [0, 0.05) is 26.2 Å². The summed E-state index contributed by atoms with van der Waals surface area (Å²) >= 11 is 0. The molecule has 0 unspecified atom stereocenters. The second-order valence-electron chi connectivity index (χ2n) is 17.7. The lowest BCUT2D eigenvalue weighted by molar-refractivity contribution is -0.144. The number of Topliss-reactive ketones (excluding diaryl/α,β-unsaturated/α-hetero) is 1. The van der Waals surface area contributed by atoms with E-state index >= 15 is 0 Å². The average molecular weight is 761 g/mol. The zero-order chi connectivity index (χ0) is 37.8. The van der Waals surface area contributed by atoms with Crippen LogP contribution in [-0.4, -0.2) is 103 Å². The van der Waals surface area contributed by atoms with E-state index in [1.165, 1.54) is 0 Å². The van der Waals surface area contributed by atoms with Crippen LogP contribution in [0, 0.1) is 23.2 Å². The highest BCUT2D eigenvalue weighted by Crippen LogP contribution is 2.65. The van der Waals surface area contributed by atoms with Crippen LogP contribution in [0.15, 0.2) is 0 Å². The minimum Gasteiger partial charge on any atom is -0.349 e. The first-order valence-corrected chi connectivity index (χ1v) is 22.4. The number of carbonyl (C=O) groups excluding carboxylic acids is 5. The predicted molar refractivity (Wildman–Crippen MR) is 201 cm³/mol. The van der Waals surface area contributed by atoms with Crippen molar-refractivity contribution in [1.29, 1.82) is 0 Å². The number of rotatable bonds is 9. The van der Waals surface area contributed by atoms with Crippen molar-refractivity contribution in [2.24, 2.45) is 23.2 Å². The van der Waals surface area contributed by atoms with Gasteiger partial charge in [-0.25, -0.2) is 17.5 Å². The maximum atomic E-state index is 14.5. The number of hydrogen-bond acceptors (Lipinski definition) is 7. The summed E-state index contributed by atoms with van der Waals surface area (Å²) in [4.78, 5) is 70.6. The molecule has 6 aliphatic rings. The fraction of sp³-hybridized carbons (Fsp3) is 0.872. The van der Waals surface area contributed by atoms with E-state index in [2.05, 4.69) is 35.1 Å². The van der Waals surface area contributed by atoms with E-state index in [1.54, 1.807) is 9.21 Å². The van der Waals surface area contributed by atoms with E-state index in [1.807, 2.05) is 0 Å². The van der Waals surface area contributed by atoms with Gasteiger partial charge in [0.2, 0.25) is 27.6 Å². The van der Waals surface area contributed by atoms with Gasteiger partial charge in [0.15, 0.2) is 0 Å². The van der Waals surface area contributed by atoms with Crippen molar-refractivity contribution in [1.82, 2.24) is 30.5 Å². The average Bonchev–Trinajstić information content (AvgIpc) is 3.99. The standard InChI is InChI=1S/C39H64N6O7S/c1-38(2)28-25-45-32(31(28)38)34(47)41-29(33(46)35(48)40-24-27-18-19-27)16-10-6-4-3-5-7-11-17-30(36(45)49)42-37(50)43-39(20-12-8-13-21-39)26-53(51,52)44-22-14-9-15-23-44/h27-32H,3-26H2,1-2H3,(H,40,48)(H,41,47)(H2,42,43,50)/t28-,29-,30-,31-,32-/m0/s1. The fourth-order valence-corrected chi connectivity index (χ4v) is 11.8. The topological polar surface area (TPSA) is 174 Å². The monoisotopic (exact) mass is 760 g/mol. The van der Waals surface area contributed by atoms with E-state index in [-0.39, 0.29) is 28.9 Å². The highest BCUT2D eigenvalue weighted by Gasteiger charge is 2.69. The van der Waals surface area contributed by atoms with E-state index in [0.717, 1.165) is 89.9 Å². The van der Waals surface area contributed by atoms with Crippen molar-refractivity contribution in [3.63, 3.8) is 0 Å². The van der Waals surface area contributed by atoms with Crippen molar-refractivity contribution in [2.75, 3.05) is 31.9 Å². The molecule has 0 radical (unpaired) electrons. The summed E-state index contributed by atoms with van der Waals surface area (Å²) in [7, 11) is -3.60. The first kappa shape index (κ1) is 39.9. The van der Waals surface area contributed by atoms with Crippen LogP contribution < -0.4 is 21.3 Å². The Balaban J connectivity index is 1.19. The minimum absolute atomic E-state index is 0.0975. The first-order chi connectivity index (χ1) is 25.3. The minimum atomic E-state index is -3.60. The molecule has 3 saturated carbocycles. The number of piperidine rings is 2. The summed E-state index contributed by atoms with van der Waals surface area (Å²) < 4.78 is 28.8. The quantitative estimate of drug-likeness (QED) is 0.259. The van der Waals surface area contributed by atoms with Crippen molar-refractivity contribution in [3.05, 3.63) is 0 Å². The normalized spacial score (nSPS) is 31.4. The molecule has 298 valence electrons. The van der Waals surface area contributed by atoms with Crippen LogP contribution in [0.5, 0.6) is 0 Å². The molecule has 0 aromatic heterocycles. The third-order valence-electron chi connectivity index (χ3n) is 13.3. The highest BCUT2D eigenvalue weighted by molar-refractivity contribution is 7.89. The summed E-state index contributed by atoms with van der Waals surface area (Å²) in [5.74, 6) is -1.83. The third kappa shape index (κ3) is 9.74. The van der Waals surface area contributed by atoms with Gasteiger partial charge in [-0.2, -0.15) is 0 Å². The van der Waals surface area contributed by atoms with Crippen molar-refractivity contribution in [3.8, 4) is 0 Å². The molecule has 6 fully saturated rings. The number of fused-ring (bicyclic) bond motifs is 3. The zero-order valence-corrected chi connectivity index (χ0v) is 32.9. The van der Waals surface area contributed by atoms with E-state index in [0.29, 0.717) is 64.2 Å². The Morgan fingerprint density at radius 1 is 0.811 bits per heavy atom. The molecule has 14 heteroatoms. The fourth-order valence-electron chi connectivity index (χ4n) is 9.73. The first-order valence-electron chi connectivity index (χ1n) is 20.8. The van der Waals surface area contributed by atoms with Crippen molar-refractivity contribution < 1.29 is 32.4 Å². The molecule has 3 aliphatic heterocycles. The van der Waals surface area contributed by atoms with Crippen LogP contribution in [-0.2, 0) is 29.2 Å². The molecular formula is C39H64N6O7S. The van der Waals surface area contributed by atoms with Crippen LogP contribution in [0.2, 0.25) is 0 Å². The number of amides is 5. The van der Waals surface area contributed by atoms with Gasteiger partial charge in [0.1, 0.15) is 12.1 Å². The van der Waals surface area contributed by atoms with Gasteiger partial charge in [0.05, 0.1) is 17.3 Å². The molecule has 5 atom stereocenters. The summed E-state index contributed by atoms with van der Waals surface area (Å²) in [6, 6.07) is -3.25. The van der Waals surface area contributed by atoms with Crippen LogP contribution in [0.1, 0.15) is 136 Å². The highest BCUT2D eigenvalue weighted by atomic mass is 32.2. The maximum absolute atomic E-state index is 14.5. The molecule has 13 nitrogen and oxygen atoms in total. The van der Waals surface area contributed by atoms with Gasteiger partial charge >= 0.3 is 6.03 Å². The second-order valence-corrected chi connectivity index (χ2v) is 19.7. The SMILES string of the molecule is CC1(C)[C@@H]2[C@H]3C(=O)N[C@H](C(=O)C(=O)NCC4CC4)CCCCCCCCC[C@H](NC(=O)NC4(CS(=O)(=O)N5CCCCC5)CCCCC4)C(=O)N3C[C@@H]21. The van der Waals surface area contributed by atoms with Crippen molar-refractivity contribution >= 4 is 39.6 Å². The summed E-state index contributed by atoms with van der Waals surface area (Å²) in [5.41, 5.74) is -1.09. The van der Waals surface area contributed by atoms with Gasteiger partial charge in [-0.3, -0.25) is 19.2 Å². The Morgan fingerprint density at radius 3 is 2.08 bits per heavy atom. The number of sulfonamides is 1. The van der Waals surface area contributed by atoms with Gasteiger partial charge in [-0.15, -0.1) is 0 Å². The second kappa shape index (κ2) is 17.0. The van der Waals surface area contributed by atoms with Crippen LogP contribution >= 0.6 is 0 Å². The Morgan fingerprint density at radius 2 is 1.42 bits per heavy atom. The summed E-state index contributed by atoms with van der Waals surface area (Å²) in [6.07, 6.45) is 15.4. The maximum Gasteiger partial charge on any atom is 0.315 e. The molecule has 0 aromatic rings. The molecule has 3 saturated heterocycles. The zero-order valence-electron chi connectivity index (χ0n) is 32.1. The Kier molecular flexibility index (Phi) is 12.8. The van der Waals surface area contributed by atoms with E-state index in [4.69, 9.17) is 0 Å². The molecule has 0 spiro atoms. The number of nitrogens with one attached hydrogen (secondary N) is 4. The number of ketones is 1. The molecular weight excluding hydrogens is 697 g/mol. The molecule has 0 aromatic carbocycles.